The number of nitrogens with one attached hydrogen (secondary N) is 1. The number of carbonyl (C=O) groups excluding carboxylic acids is 1. The molecule has 6 heteroatoms. The average molecular weight is 344 g/mol. The summed E-state index contributed by atoms with van der Waals surface area (Å²) in [6.07, 6.45) is 0. The van der Waals surface area contributed by atoms with Crippen molar-refractivity contribution in [2.45, 2.75) is 12.1 Å². The highest BCUT2D eigenvalue weighted by molar-refractivity contribution is 7.99. The third-order valence-electron chi connectivity index (χ3n) is 3.29. The molecule has 0 aliphatic heterocycles. The SMILES string of the molecule is Cc1ccc(-c2nc(SCC(=O)c3ccc(Cl)cc3)n[nH]2)cc1. The molecular formula is C17H14ClN3OS. The molecule has 2 aromatic carbocycles. The maximum Gasteiger partial charge on any atom is 0.209 e. The molecule has 0 aliphatic rings. The molecule has 116 valence electrons. The number of nitrogens with zero attached hydrogens (tertiary/aromatic N) is 2. The van der Waals surface area contributed by atoms with Gasteiger partial charge >= 0.3 is 0 Å². The number of H-pyrrole nitrogens is 1. The minimum Gasteiger partial charge on any atom is -0.293 e. The van der Waals surface area contributed by atoms with Crippen molar-refractivity contribution in [3.63, 3.8) is 0 Å². The molecular weight excluding hydrogens is 330 g/mol. The molecule has 0 aliphatic carbocycles. The molecule has 0 amide bonds. The number of carbonyl (C=O) groups is 1. The van der Waals surface area contributed by atoms with Gasteiger partial charge < -0.3 is 0 Å². The van der Waals surface area contributed by atoms with Gasteiger partial charge in [0.05, 0.1) is 5.75 Å². The molecule has 0 unspecified atom stereocenters. The zero-order valence-electron chi connectivity index (χ0n) is 12.4. The summed E-state index contributed by atoms with van der Waals surface area (Å²) in [6.45, 7) is 2.04. The number of hydrogen-bond donors (Lipinski definition) is 1. The molecule has 1 N–H and O–H groups in total. The predicted octanol–water partition coefficient (Wildman–Crippen LogP) is 4.41. The lowest BCUT2D eigenvalue weighted by Crippen LogP contribution is -2.02. The molecule has 4 nitrogen and oxygen atoms in total. The fourth-order valence-corrected chi connectivity index (χ4v) is 2.82. The van der Waals surface area contributed by atoms with Gasteiger partial charge in [-0.3, -0.25) is 9.89 Å². The minimum atomic E-state index is 0.0216. The second-order valence-corrected chi connectivity index (χ2v) is 6.43. The van der Waals surface area contributed by atoms with Crippen molar-refractivity contribution in [2.75, 3.05) is 5.75 Å². The van der Waals surface area contributed by atoms with E-state index >= 15 is 0 Å². The van der Waals surface area contributed by atoms with Gasteiger partial charge in [0, 0.05) is 16.1 Å². The fourth-order valence-electron chi connectivity index (χ4n) is 2.00. The lowest BCUT2D eigenvalue weighted by molar-refractivity contribution is 0.102. The summed E-state index contributed by atoms with van der Waals surface area (Å²) in [6, 6.07) is 14.9. The summed E-state index contributed by atoms with van der Waals surface area (Å²) in [4.78, 5) is 16.5. The van der Waals surface area contributed by atoms with E-state index in [4.69, 9.17) is 11.6 Å². The molecule has 23 heavy (non-hydrogen) atoms. The number of Topliss-reactive ketones (excluding diaryl/α,β-unsaturated/α-hetero) is 1. The van der Waals surface area contributed by atoms with Crippen molar-refractivity contribution in [3.05, 3.63) is 64.7 Å². The number of benzene rings is 2. The van der Waals surface area contributed by atoms with Gasteiger partial charge in [0.25, 0.3) is 0 Å². The number of rotatable bonds is 5. The summed E-state index contributed by atoms with van der Waals surface area (Å²) in [7, 11) is 0. The van der Waals surface area contributed by atoms with E-state index in [1.54, 1.807) is 24.3 Å². The first-order valence-electron chi connectivity index (χ1n) is 7.03. The van der Waals surface area contributed by atoms with Crippen molar-refractivity contribution in [2.24, 2.45) is 0 Å². The Hall–Kier alpha value is -2.11. The molecule has 3 rings (SSSR count). The Morgan fingerprint density at radius 1 is 1.13 bits per heavy atom. The monoisotopic (exact) mass is 343 g/mol. The summed E-state index contributed by atoms with van der Waals surface area (Å²) in [5.41, 5.74) is 2.80. The van der Waals surface area contributed by atoms with Crippen LogP contribution in [0.2, 0.25) is 5.02 Å². The quantitative estimate of drug-likeness (QED) is 0.550. The molecule has 1 aromatic heterocycles. The van der Waals surface area contributed by atoms with Gasteiger partial charge in [0.2, 0.25) is 5.16 Å². The highest BCUT2D eigenvalue weighted by Crippen LogP contribution is 2.20. The molecule has 1 heterocycles. The molecule has 0 saturated carbocycles. The third-order valence-corrected chi connectivity index (χ3v) is 4.39. The lowest BCUT2D eigenvalue weighted by atomic mass is 10.1. The predicted molar refractivity (Wildman–Crippen MR) is 93.1 cm³/mol. The van der Waals surface area contributed by atoms with Crippen LogP contribution in [0, 0.1) is 6.92 Å². The van der Waals surface area contributed by atoms with Gasteiger partial charge in [0.1, 0.15) is 0 Å². The zero-order valence-corrected chi connectivity index (χ0v) is 14.0. The minimum absolute atomic E-state index is 0.0216. The van der Waals surface area contributed by atoms with Crippen LogP contribution in [0.1, 0.15) is 15.9 Å². The highest BCUT2D eigenvalue weighted by atomic mass is 35.5. The molecule has 0 atom stereocenters. The normalized spacial score (nSPS) is 10.7. The van der Waals surface area contributed by atoms with Crippen molar-refractivity contribution < 1.29 is 4.79 Å². The van der Waals surface area contributed by atoms with Gasteiger partial charge in [-0.05, 0) is 31.2 Å². The Kier molecular flexibility index (Phi) is 4.79. The van der Waals surface area contributed by atoms with Gasteiger partial charge in [-0.15, -0.1) is 5.10 Å². The molecule has 3 aromatic rings. The molecule has 0 spiro atoms. The van der Waals surface area contributed by atoms with Crippen LogP contribution in [0.3, 0.4) is 0 Å². The fraction of sp³-hybridized carbons (Fsp3) is 0.118. The maximum absolute atomic E-state index is 12.1. The Balaban J connectivity index is 1.64. The Bertz CT molecular complexity index is 813. The van der Waals surface area contributed by atoms with Crippen LogP contribution in [0.25, 0.3) is 11.4 Å². The lowest BCUT2D eigenvalue weighted by Gasteiger charge is -1.99. The number of thioether (sulfide) groups is 1. The van der Waals surface area contributed by atoms with E-state index in [2.05, 4.69) is 15.2 Å². The number of aromatic amines is 1. The molecule has 0 fully saturated rings. The van der Waals surface area contributed by atoms with Crippen LogP contribution < -0.4 is 0 Å². The molecule has 0 saturated heterocycles. The standard InChI is InChI=1S/C17H14ClN3OS/c1-11-2-4-13(5-3-11)16-19-17(21-20-16)23-10-15(22)12-6-8-14(18)9-7-12/h2-9H,10H2,1H3,(H,19,20,21). The van der Waals surface area contributed by atoms with Crippen LogP contribution in [0.15, 0.2) is 53.7 Å². The number of aromatic nitrogens is 3. The van der Waals surface area contributed by atoms with Crippen molar-refractivity contribution >= 4 is 29.1 Å². The van der Waals surface area contributed by atoms with E-state index < -0.39 is 0 Å². The van der Waals surface area contributed by atoms with Gasteiger partial charge in [-0.25, -0.2) is 4.98 Å². The van der Waals surface area contributed by atoms with E-state index in [1.165, 1.54) is 17.3 Å². The summed E-state index contributed by atoms with van der Waals surface area (Å²) in [5.74, 6) is 1.01. The largest absolute Gasteiger partial charge is 0.293 e. The average Bonchev–Trinajstić information content (AvgIpc) is 3.03. The summed E-state index contributed by atoms with van der Waals surface area (Å²) < 4.78 is 0. The van der Waals surface area contributed by atoms with Crippen LogP contribution in [-0.4, -0.2) is 26.7 Å². The zero-order chi connectivity index (χ0) is 16.2. The Labute approximate surface area is 143 Å². The highest BCUT2D eigenvalue weighted by Gasteiger charge is 2.10. The smallest absolute Gasteiger partial charge is 0.209 e. The van der Waals surface area contributed by atoms with Crippen molar-refractivity contribution in [1.82, 2.24) is 15.2 Å². The van der Waals surface area contributed by atoms with Gasteiger partial charge in [-0.2, -0.15) is 0 Å². The number of aryl methyl sites for hydroxylation is 1. The van der Waals surface area contributed by atoms with E-state index in [0.29, 0.717) is 21.6 Å². The topological polar surface area (TPSA) is 58.6 Å². The Morgan fingerprint density at radius 2 is 1.83 bits per heavy atom. The van der Waals surface area contributed by atoms with E-state index in [-0.39, 0.29) is 11.5 Å². The first kappa shape index (κ1) is 15.8. The van der Waals surface area contributed by atoms with E-state index in [0.717, 1.165) is 5.56 Å². The van der Waals surface area contributed by atoms with Gasteiger partial charge in [0.15, 0.2) is 11.6 Å². The van der Waals surface area contributed by atoms with Gasteiger partial charge in [-0.1, -0.05) is 53.2 Å². The first-order chi connectivity index (χ1) is 11.1. The van der Waals surface area contributed by atoms with Crippen molar-refractivity contribution in [1.29, 1.82) is 0 Å². The van der Waals surface area contributed by atoms with Crippen LogP contribution in [0.4, 0.5) is 0 Å². The van der Waals surface area contributed by atoms with Crippen molar-refractivity contribution in [3.8, 4) is 11.4 Å². The van der Waals surface area contributed by atoms with E-state index in [9.17, 15) is 4.79 Å². The summed E-state index contributed by atoms with van der Waals surface area (Å²) >= 11 is 7.13. The second kappa shape index (κ2) is 6.98. The molecule has 0 bridgehead atoms. The van der Waals surface area contributed by atoms with E-state index in [1.807, 2.05) is 31.2 Å². The number of ketones is 1. The Morgan fingerprint density at radius 3 is 2.52 bits per heavy atom. The number of halogens is 1. The number of hydrogen-bond acceptors (Lipinski definition) is 4. The second-order valence-electron chi connectivity index (χ2n) is 5.05. The summed E-state index contributed by atoms with van der Waals surface area (Å²) in [5, 5.41) is 8.22. The maximum atomic E-state index is 12.1. The molecule has 0 radical (unpaired) electrons. The van der Waals surface area contributed by atoms with Crippen LogP contribution in [-0.2, 0) is 0 Å². The van der Waals surface area contributed by atoms with Crippen LogP contribution >= 0.6 is 23.4 Å². The van der Waals surface area contributed by atoms with Crippen LogP contribution in [0.5, 0.6) is 0 Å². The third kappa shape index (κ3) is 4.00. The first-order valence-corrected chi connectivity index (χ1v) is 8.39.